The van der Waals surface area contributed by atoms with Gasteiger partial charge in [-0.3, -0.25) is 0 Å². The molecule has 0 saturated heterocycles. The van der Waals surface area contributed by atoms with Gasteiger partial charge in [-0.1, -0.05) is 35.9 Å². The average molecular weight is 301 g/mol. The summed E-state index contributed by atoms with van der Waals surface area (Å²) in [4.78, 5) is 4.21. The van der Waals surface area contributed by atoms with Crippen molar-refractivity contribution in [2.75, 3.05) is 12.8 Å². The van der Waals surface area contributed by atoms with Gasteiger partial charge in [0.05, 0.1) is 12.8 Å². The summed E-state index contributed by atoms with van der Waals surface area (Å²) in [7, 11) is 1.51. The van der Waals surface area contributed by atoms with Crippen LogP contribution in [0.4, 0.5) is 5.69 Å². The number of hydrogen-bond acceptors (Lipinski definition) is 4. The number of nitrogens with zero attached hydrogens (tertiary/aromatic N) is 1. The van der Waals surface area contributed by atoms with Gasteiger partial charge >= 0.3 is 0 Å². The minimum atomic E-state index is 0.339. The van der Waals surface area contributed by atoms with Crippen molar-refractivity contribution < 1.29 is 9.47 Å². The Labute approximate surface area is 127 Å². The predicted molar refractivity (Wildman–Crippen MR) is 84.2 cm³/mol. The van der Waals surface area contributed by atoms with Crippen LogP contribution in [0.25, 0.3) is 10.8 Å². The highest BCUT2D eigenvalue weighted by Gasteiger charge is 2.09. The number of fused-ring (bicyclic) bond motifs is 1. The summed E-state index contributed by atoms with van der Waals surface area (Å²) in [6.45, 7) is 0. The van der Waals surface area contributed by atoms with Gasteiger partial charge in [-0.25, -0.2) is 0 Å². The first-order chi connectivity index (χ1) is 10.2. The van der Waals surface area contributed by atoms with Crippen molar-refractivity contribution in [1.29, 1.82) is 0 Å². The summed E-state index contributed by atoms with van der Waals surface area (Å²) in [5, 5.41) is 2.53. The van der Waals surface area contributed by atoms with Gasteiger partial charge in [0.2, 0.25) is 11.8 Å². The molecule has 21 heavy (non-hydrogen) atoms. The number of rotatable bonds is 3. The average Bonchev–Trinajstić information content (AvgIpc) is 2.52. The summed E-state index contributed by atoms with van der Waals surface area (Å²) in [5.41, 5.74) is 6.21. The van der Waals surface area contributed by atoms with E-state index in [0.29, 0.717) is 28.2 Å². The van der Waals surface area contributed by atoms with Gasteiger partial charge < -0.3 is 15.2 Å². The fraction of sp³-hybridized carbons (Fsp3) is 0.0625. The lowest BCUT2D eigenvalue weighted by molar-refractivity contribution is 0.386. The van der Waals surface area contributed by atoms with Crippen LogP contribution < -0.4 is 15.2 Å². The third kappa shape index (κ3) is 2.58. The maximum absolute atomic E-state index is 6.19. The highest BCUT2D eigenvalue weighted by molar-refractivity contribution is 6.35. The Balaban J connectivity index is 2.04. The first-order valence-electron chi connectivity index (χ1n) is 6.34. The molecule has 1 heterocycles. The largest absolute Gasteiger partial charge is 0.479 e. The van der Waals surface area contributed by atoms with Crippen LogP contribution >= 0.6 is 11.6 Å². The number of aromatic nitrogens is 1. The van der Waals surface area contributed by atoms with E-state index in [1.807, 2.05) is 30.3 Å². The molecule has 0 atom stereocenters. The summed E-state index contributed by atoms with van der Waals surface area (Å²) in [5.74, 6) is 1.42. The second-order valence-corrected chi connectivity index (χ2v) is 4.85. The van der Waals surface area contributed by atoms with Gasteiger partial charge in [0.1, 0.15) is 5.75 Å². The lowest BCUT2D eigenvalue weighted by Gasteiger charge is -2.10. The molecule has 0 aliphatic carbocycles. The molecule has 0 amide bonds. The van der Waals surface area contributed by atoms with Gasteiger partial charge in [0.15, 0.2) is 0 Å². The monoisotopic (exact) mass is 300 g/mol. The fourth-order valence-corrected chi connectivity index (χ4v) is 2.32. The minimum Gasteiger partial charge on any atom is -0.479 e. The van der Waals surface area contributed by atoms with Crippen LogP contribution in [0.5, 0.6) is 17.5 Å². The van der Waals surface area contributed by atoms with Crippen LogP contribution in [-0.4, -0.2) is 12.1 Å². The van der Waals surface area contributed by atoms with Crippen LogP contribution in [0.3, 0.4) is 0 Å². The topological polar surface area (TPSA) is 57.4 Å². The van der Waals surface area contributed by atoms with E-state index in [9.17, 15) is 0 Å². The maximum Gasteiger partial charge on any atom is 0.240 e. The van der Waals surface area contributed by atoms with Crippen molar-refractivity contribution in [1.82, 2.24) is 4.98 Å². The summed E-state index contributed by atoms with van der Waals surface area (Å²) in [6.07, 6.45) is 0. The van der Waals surface area contributed by atoms with Crippen LogP contribution in [0.2, 0.25) is 5.02 Å². The molecular weight excluding hydrogens is 288 g/mol. The third-order valence-electron chi connectivity index (χ3n) is 3.10. The predicted octanol–water partition coefficient (Wildman–Crippen LogP) is 4.27. The zero-order valence-corrected chi connectivity index (χ0v) is 12.1. The number of methoxy groups -OCH3 is 1. The number of pyridine rings is 1. The molecule has 0 spiro atoms. The zero-order valence-electron chi connectivity index (χ0n) is 11.3. The number of anilines is 1. The first-order valence-corrected chi connectivity index (χ1v) is 6.72. The van der Waals surface area contributed by atoms with E-state index < -0.39 is 0 Å². The van der Waals surface area contributed by atoms with Gasteiger partial charge in [0, 0.05) is 21.9 Å². The van der Waals surface area contributed by atoms with Crippen molar-refractivity contribution in [2.45, 2.75) is 0 Å². The highest BCUT2D eigenvalue weighted by Crippen LogP contribution is 2.34. The summed E-state index contributed by atoms with van der Waals surface area (Å²) in [6, 6.07) is 14.8. The van der Waals surface area contributed by atoms with Crippen molar-refractivity contribution in [2.24, 2.45) is 0 Å². The zero-order chi connectivity index (χ0) is 14.8. The molecule has 0 saturated carbocycles. The van der Waals surface area contributed by atoms with Gasteiger partial charge in [-0.05, 0) is 18.2 Å². The quantitative estimate of drug-likeness (QED) is 0.784. The summed E-state index contributed by atoms with van der Waals surface area (Å²) >= 11 is 6.19. The molecule has 0 fully saturated rings. The molecule has 0 unspecified atom stereocenters. The van der Waals surface area contributed by atoms with Crippen molar-refractivity contribution in [3.8, 4) is 17.5 Å². The minimum absolute atomic E-state index is 0.339. The molecule has 0 aliphatic rings. The molecular formula is C16H13ClN2O2. The number of nitrogen functional groups attached to an aromatic ring is 1. The lowest BCUT2D eigenvalue weighted by Crippen LogP contribution is -1.97. The number of nitrogens with two attached hydrogens (primary N) is 1. The van der Waals surface area contributed by atoms with E-state index in [4.69, 9.17) is 26.8 Å². The first kappa shape index (κ1) is 13.5. The molecule has 3 rings (SSSR count). The van der Waals surface area contributed by atoms with E-state index in [1.165, 1.54) is 7.11 Å². The Bertz CT molecular complexity index is 805. The molecule has 1 aromatic heterocycles. The van der Waals surface area contributed by atoms with E-state index in [0.717, 1.165) is 10.8 Å². The molecule has 106 valence electrons. The molecule has 3 aromatic rings. The van der Waals surface area contributed by atoms with Crippen LogP contribution in [0, 0.1) is 0 Å². The molecule has 0 bridgehead atoms. The lowest BCUT2D eigenvalue weighted by atomic mass is 10.1. The number of benzene rings is 2. The Kier molecular flexibility index (Phi) is 3.54. The number of ether oxygens (including phenoxy) is 2. The standard InChI is InChI=1S/C16H13ClN2O2/c1-20-16-13(18)7-9-15(19-16)21-14-8-6-12(17)10-4-2-3-5-11(10)14/h2-9H,18H2,1H3. The Morgan fingerprint density at radius 1 is 1.00 bits per heavy atom. The van der Waals surface area contributed by atoms with Crippen LogP contribution in [-0.2, 0) is 0 Å². The molecule has 2 aromatic carbocycles. The molecule has 5 heteroatoms. The SMILES string of the molecule is COc1nc(Oc2ccc(Cl)c3ccccc23)ccc1N. The fourth-order valence-electron chi connectivity index (χ4n) is 2.09. The second-order valence-electron chi connectivity index (χ2n) is 4.44. The second kappa shape index (κ2) is 5.50. The van der Waals surface area contributed by atoms with Crippen LogP contribution in [0.1, 0.15) is 0 Å². The van der Waals surface area contributed by atoms with Crippen molar-refractivity contribution in [3.05, 3.63) is 53.6 Å². The Hall–Kier alpha value is -2.46. The smallest absolute Gasteiger partial charge is 0.240 e. The van der Waals surface area contributed by atoms with E-state index >= 15 is 0 Å². The van der Waals surface area contributed by atoms with Crippen LogP contribution in [0.15, 0.2) is 48.5 Å². The number of hydrogen-bond donors (Lipinski definition) is 1. The van der Waals surface area contributed by atoms with E-state index in [1.54, 1.807) is 18.2 Å². The van der Waals surface area contributed by atoms with Crippen molar-refractivity contribution >= 4 is 28.1 Å². The molecule has 0 radical (unpaired) electrons. The maximum atomic E-state index is 6.19. The van der Waals surface area contributed by atoms with Gasteiger partial charge in [-0.15, -0.1) is 0 Å². The molecule has 2 N–H and O–H groups in total. The highest BCUT2D eigenvalue weighted by atomic mass is 35.5. The normalized spacial score (nSPS) is 10.6. The molecule has 4 nitrogen and oxygen atoms in total. The Morgan fingerprint density at radius 3 is 2.52 bits per heavy atom. The third-order valence-corrected chi connectivity index (χ3v) is 3.43. The van der Waals surface area contributed by atoms with E-state index in [2.05, 4.69) is 4.98 Å². The van der Waals surface area contributed by atoms with Gasteiger partial charge in [0.25, 0.3) is 0 Å². The number of halogens is 1. The van der Waals surface area contributed by atoms with E-state index in [-0.39, 0.29) is 0 Å². The van der Waals surface area contributed by atoms with Gasteiger partial charge in [-0.2, -0.15) is 4.98 Å². The Morgan fingerprint density at radius 2 is 1.76 bits per heavy atom. The molecule has 0 aliphatic heterocycles. The summed E-state index contributed by atoms with van der Waals surface area (Å²) < 4.78 is 10.9. The van der Waals surface area contributed by atoms with Crippen molar-refractivity contribution in [3.63, 3.8) is 0 Å².